The van der Waals surface area contributed by atoms with Gasteiger partial charge in [0, 0.05) is 6.54 Å². The van der Waals surface area contributed by atoms with Crippen LogP contribution >= 0.6 is 0 Å². The van der Waals surface area contributed by atoms with E-state index in [1.807, 2.05) is 0 Å². The molecular formula is C10H12F3N3O2. The van der Waals surface area contributed by atoms with E-state index in [-0.39, 0.29) is 12.3 Å². The predicted molar refractivity (Wildman–Crippen MR) is 57.3 cm³/mol. The molecule has 1 aliphatic rings. The zero-order valence-corrected chi connectivity index (χ0v) is 9.37. The number of rotatable bonds is 2. The number of nitrogens with one attached hydrogen (secondary N) is 1. The Balaban J connectivity index is 2.51. The van der Waals surface area contributed by atoms with Gasteiger partial charge in [-0.2, -0.15) is 18.3 Å². The van der Waals surface area contributed by atoms with E-state index in [1.165, 1.54) is 4.90 Å². The standard InChI is InChI=1S/C10H12F3N3O2/c11-10(12,13)8-7(4-14-15-9(8)18)16-3-1-2-6(16)5-17/h4,6,17H,1-3,5H2,(H,15,18)/t6-/m1/s1. The number of alkyl halides is 3. The van der Waals surface area contributed by atoms with E-state index >= 15 is 0 Å². The van der Waals surface area contributed by atoms with Crippen LogP contribution in [0.5, 0.6) is 0 Å². The molecule has 1 saturated heterocycles. The first kappa shape index (κ1) is 12.9. The average molecular weight is 263 g/mol. The maximum Gasteiger partial charge on any atom is 0.423 e. The number of aromatic nitrogens is 2. The van der Waals surface area contributed by atoms with Gasteiger partial charge < -0.3 is 10.0 Å². The lowest BCUT2D eigenvalue weighted by Crippen LogP contribution is -2.36. The number of nitrogens with zero attached hydrogens (tertiary/aromatic N) is 2. The van der Waals surface area contributed by atoms with Crippen molar-refractivity contribution in [1.82, 2.24) is 10.2 Å². The Morgan fingerprint density at radius 2 is 2.28 bits per heavy atom. The van der Waals surface area contributed by atoms with E-state index < -0.39 is 23.3 Å². The molecule has 5 nitrogen and oxygen atoms in total. The fourth-order valence-electron chi connectivity index (χ4n) is 2.22. The molecule has 2 N–H and O–H groups in total. The Morgan fingerprint density at radius 1 is 1.56 bits per heavy atom. The fourth-order valence-corrected chi connectivity index (χ4v) is 2.22. The van der Waals surface area contributed by atoms with E-state index in [4.69, 9.17) is 5.11 Å². The van der Waals surface area contributed by atoms with Gasteiger partial charge in [-0.1, -0.05) is 0 Å². The Kier molecular flexibility index (Phi) is 3.29. The van der Waals surface area contributed by atoms with Crippen molar-refractivity contribution in [3.05, 3.63) is 22.1 Å². The molecule has 0 unspecified atom stereocenters. The summed E-state index contributed by atoms with van der Waals surface area (Å²) >= 11 is 0. The van der Waals surface area contributed by atoms with Crippen molar-refractivity contribution in [2.24, 2.45) is 0 Å². The number of aromatic amines is 1. The second-order valence-corrected chi connectivity index (χ2v) is 4.13. The normalized spacial score (nSPS) is 20.4. The summed E-state index contributed by atoms with van der Waals surface area (Å²) in [6.07, 6.45) is -2.48. The lowest BCUT2D eigenvalue weighted by Gasteiger charge is -2.26. The zero-order valence-electron chi connectivity index (χ0n) is 9.37. The van der Waals surface area contributed by atoms with Crippen LogP contribution in [0, 0.1) is 0 Å². The molecule has 0 bridgehead atoms. The van der Waals surface area contributed by atoms with Crippen molar-refractivity contribution in [3.8, 4) is 0 Å². The highest BCUT2D eigenvalue weighted by Crippen LogP contribution is 2.35. The Labute approximate surface area is 100 Å². The van der Waals surface area contributed by atoms with E-state index in [9.17, 15) is 18.0 Å². The average Bonchev–Trinajstić information content (AvgIpc) is 2.74. The molecule has 1 aliphatic heterocycles. The quantitative estimate of drug-likeness (QED) is 0.826. The van der Waals surface area contributed by atoms with Gasteiger partial charge in [0.05, 0.1) is 24.5 Å². The molecule has 0 aromatic carbocycles. The Morgan fingerprint density at radius 3 is 2.89 bits per heavy atom. The van der Waals surface area contributed by atoms with Crippen molar-refractivity contribution in [1.29, 1.82) is 0 Å². The third-order valence-corrected chi connectivity index (χ3v) is 3.02. The molecule has 8 heteroatoms. The number of aliphatic hydroxyl groups excluding tert-OH is 1. The van der Waals surface area contributed by atoms with Crippen LogP contribution in [0.4, 0.5) is 18.9 Å². The molecule has 0 radical (unpaired) electrons. The summed E-state index contributed by atoms with van der Waals surface area (Å²) in [5.74, 6) is 0. The lowest BCUT2D eigenvalue weighted by atomic mass is 10.2. The molecule has 0 aliphatic carbocycles. The van der Waals surface area contributed by atoms with Gasteiger partial charge in [0.15, 0.2) is 0 Å². The third-order valence-electron chi connectivity index (χ3n) is 3.02. The topological polar surface area (TPSA) is 69.2 Å². The van der Waals surface area contributed by atoms with Crippen molar-refractivity contribution >= 4 is 5.69 Å². The molecule has 1 atom stereocenters. The minimum atomic E-state index is -4.74. The van der Waals surface area contributed by atoms with Crippen LogP contribution in [0.3, 0.4) is 0 Å². The first-order chi connectivity index (χ1) is 8.45. The van der Waals surface area contributed by atoms with Gasteiger partial charge in [0.1, 0.15) is 5.56 Å². The second-order valence-electron chi connectivity index (χ2n) is 4.13. The summed E-state index contributed by atoms with van der Waals surface area (Å²) in [5.41, 5.74) is -2.77. The van der Waals surface area contributed by atoms with Crippen LogP contribution in [-0.2, 0) is 6.18 Å². The van der Waals surface area contributed by atoms with Crippen LogP contribution < -0.4 is 10.5 Å². The van der Waals surface area contributed by atoms with E-state index in [1.54, 1.807) is 5.10 Å². The van der Waals surface area contributed by atoms with Gasteiger partial charge in [-0.05, 0) is 12.8 Å². The van der Waals surface area contributed by atoms with Gasteiger partial charge >= 0.3 is 6.18 Å². The Bertz CT molecular complexity index is 486. The SMILES string of the molecule is O=c1[nH]ncc(N2CCC[C@@H]2CO)c1C(F)(F)F. The van der Waals surface area contributed by atoms with Crippen molar-refractivity contribution < 1.29 is 18.3 Å². The van der Waals surface area contributed by atoms with Crippen molar-refractivity contribution in [2.75, 3.05) is 18.1 Å². The highest BCUT2D eigenvalue weighted by molar-refractivity contribution is 5.53. The van der Waals surface area contributed by atoms with E-state index in [2.05, 4.69) is 5.10 Å². The molecule has 0 saturated carbocycles. The maximum atomic E-state index is 12.9. The van der Waals surface area contributed by atoms with Gasteiger partial charge in [0.2, 0.25) is 0 Å². The Hall–Kier alpha value is -1.57. The summed E-state index contributed by atoms with van der Waals surface area (Å²) < 4.78 is 38.6. The van der Waals surface area contributed by atoms with Gasteiger partial charge in [-0.3, -0.25) is 4.79 Å². The molecule has 100 valence electrons. The summed E-state index contributed by atoms with van der Waals surface area (Å²) in [5, 5.41) is 14.3. The lowest BCUT2D eigenvalue weighted by molar-refractivity contribution is -0.138. The number of hydrogen-bond acceptors (Lipinski definition) is 4. The molecule has 1 fully saturated rings. The number of anilines is 1. The van der Waals surface area contributed by atoms with Gasteiger partial charge in [0.25, 0.3) is 5.56 Å². The van der Waals surface area contributed by atoms with Crippen molar-refractivity contribution in [2.45, 2.75) is 25.1 Å². The monoisotopic (exact) mass is 263 g/mol. The number of halogens is 3. The first-order valence-corrected chi connectivity index (χ1v) is 5.47. The molecule has 2 heterocycles. The van der Waals surface area contributed by atoms with E-state index in [0.29, 0.717) is 19.4 Å². The number of aliphatic hydroxyl groups is 1. The zero-order chi connectivity index (χ0) is 13.3. The molecule has 0 spiro atoms. The maximum absolute atomic E-state index is 12.9. The van der Waals surface area contributed by atoms with E-state index in [0.717, 1.165) is 6.20 Å². The fraction of sp³-hybridized carbons (Fsp3) is 0.600. The molecule has 2 rings (SSSR count). The van der Waals surface area contributed by atoms with Crippen LogP contribution in [0.1, 0.15) is 18.4 Å². The minimum absolute atomic E-state index is 0.246. The summed E-state index contributed by atoms with van der Waals surface area (Å²) in [4.78, 5) is 12.7. The molecule has 1 aromatic rings. The van der Waals surface area contributed by atoms with Crippen LogP contribution in [0.2, 0.25) is 0 Å². The van der Waals surface area contributed by atoms with Crippen LogP contribution in [0.25, 0.3) is 0 Å². The highest BCUT2D eigenvalue weighted by Gasteiger charge is 2.40. The van der Waals surface area contributed by atoms with Crippen LogP contribution in [-0.4, -0.2) is 34.5 Å². The molecule has 18 heavy (non-hydrogen) atoms. The number of H-pyrrole nitrogens is 1. The van der Waals surface area contributed by atoms with Gasteiger partial charge in [-0.25, -0.2) is 5.10 Å². The first-order valence-electron chi connectivity index (χ1n) is 5.47. The van der Waals surface area contributed by atoms with Gasteiger partial charge in [-0.15, -0.1) is 0 Å². The minimum Gasteiger partial charge on any atom is -0.394 e. The predicted octanol–water partition coefficient (Wildman–Crippen LogP) is 0.750. The number of hydrogen-bond donors (Lipinski definition) is 2. The highest BCUT2D eigenvalue weighted by atomic mass is 19.4. The molecular weight excluding hydrogens is 251 g/mol. The molecule has 1 aromatic heterocycles. The smallest absolute Gasteiger partial charge is 0.394 e. The third kappa shape index (κ3) is 2.20. The molecule has 0 amide bonds. The second kappa shape index (κ2) is 4.60. The summed E-state index contributed by atoms with van der Waals surface area (Å²) in [6, 6.07) is -0.394. The largest absolute Gasteiger partial charge is 0.423 e. The summed E-state index contributed by atoms with van der Waals surface area (Å²) in [7, 11) is 0. The summed E-state index contributed by atoms with van der Waals surface area (Å²) in [6.45, 7) is 0.129. The van der Waals surface area contributed by atoms with Crippen molar-refractivity contribution in [3.63, 3.8) is 0 Å². The van der Waals surface area contributed by atoms with Crippen LogP contribution in [0.15, 0.2) is 11.0 Å².